The summed E-state index contributed by atoms with van der Waals surface area (Å²) in [5, 5.41) is 3.93. The molecule has 4 nitrogen and oxygen atoms in total. The first-order valence-electron chi connectivity index (χ1n) is 8.26. The number of amides is 1. The normalized spacial score (nSPS) is 10.7. The van der Waals surface area contributed by atoms with Crippen LogP contribution in [0.25, 0.3) is 11.5 Å². The summed E-state index contributed by atoms with van der Waals surface area (Å²) in [5.41, 5.74) is 2.43. The smallest absolute Gasteiger partial charge is 0.226 e. The molecule has 3 aromatic rings. The van der Waals surface area contributed by atoms with Crippen molar-refractivity contribution in [3.05, 3.63) is 75.6 Å². The monoisotopic (exact) mass is 388 g/mol. The Morgan fingerprint density at radius 1 is 1.12 bits per heavy atom. The van der Waals surface area contributed by atoms with Gasteiger partial charge in [-0.05, 0) is 37.1 Å². The number of aryl methyl sites for hydroxylation is 1. The van der Waals surface area contributed by atoms with Crippen LogP contribution in [0, 0.1) is 6.92 Å². The third kappa shape index (κ3) is 4.45. The Balaban J connectivity index is 1.57. The number of benzene rings is 2. The molecule has 0 atom stereocenters. The van der Waals surface area contributed by atoms with E-state index in [4.69, 9.17) is 27.6 Å². The van der Waals surface area contributed by atoms with Gasteiger partial charge in [-0.2, -0.15) is 0 Å². The maximum atomic E-state index is 12.2. The molecular weight excluding hydrogens is 371 g/mol. The lowest BCUT2D eigenvalue weighted by Crippen LogP contribution is -2.27. The standard InChI is InChI=1S/C20H18Cl2N2O2/c1-13-17(24-20(26-13)15-6-3-2-4-7-15)12-18(25)23-11-10-14-8-5-9-16(21)19(14)22/h2-9H,10-12H2,1H3,(H,23,25). The summed E-state index contributed by atoms with van der Waals surface area (Å²) in [6, 6.07) is 15.1. The SMILES string of the molecule is Cc1oc(-c2ccccc2)nc1CC(=O)NCCc1cccc(Cl)c1Cl. The number of halogens is 2. The van der Waals surface area contributed by atoms with Crippen LogP contribution in [0.5, 0.6) is 0 Å². The van der Waals surface area contributed by atoms with Crippen molar-refractivity contribution in [3.63, 3.8) is 0 Å². The fourth-order valence-corrected chi connectivity index (χ4v) is 3.00. The highest BCUT2D eigenvalue weighted by molar-refractivity contribution is 6.42. The second-order valence-electron chi connectivity index (χ2n) is 5.88. The lowest BCUT2D eigenvalue weighted by atomic mass is 10.1. The molecule has 3 rings (SSSR count). The van der Waals surface area contributed by atoms with Crippen molar-refractivity contribution >= 4 is 29.1 Å². The molecule has 0 fully saturated rings. The van der Waals surface area contributed by atoms with E-state index < -0.39 is 0 Å². The van der Waals surface area contributed by atoms with Crippen LogP contribution in [-0.4, -0.2) is 17.4 Å². The Morgan fingerprint density at radius 2 is 1.88 bits per heavy atom. The lowest BCUT2D eigenvalue weighted by Gasteiger charge is -2.07. The molecule has 0 aliphatic heterocycles. The Bertz CT molecular complexity index is 907. The topological polar surface area (TPSA) is 55.1 Å². The predicted octanol–water partition coefficient (Wildman–Crippen LogP) is 4.86. The van der Waals surface area contributed by atoms with Crippen molar-refractivity contribution in [2.24, 2.45) is 0 Å². The zero-order valence-electron chi connectivity index (χ0n) is 14.3. The van der Waals surface area contributed by atoms with Crippen molar-refractivity contribution < 1.29 is 9.21 Å². The molecule has 0 bridgehead atoms. The van der Waals surface area contributed by atoms with Gasteiger partial charge in [0, 0.05) is 12.1 Å². The van der Waals surface area contributed by atoms with Gasteiger partial charge in [0.2, 0.25) is 11.8 Å². The van der Waals surface area contributed by atoms with Gasteiger partial charge in [-0.1, -0.05) is 53.5 Å². The van der Waals surface area contributed by atoms with Crippen molar-refractivity contribution in [2.45, 2.75) is 19.8 Å². The summed E-state index contributed by atoms with van der Waals surface area (Å²) in [4.78, 5) is 16.6. The molecule has 0 spiro atoms. The molecule has 0 unspecified atom stereocenters. The number of hydrogen-bond acceptors (Lipinski definition) is 3. The van der Waals surface area contributed by atoms with Crippen LogP contribution >= 0.6 is 23.2 Å². The van der Waals surface area contributed by atoms with E-state index in [-0.39, 0.29) is 12.3 Å². The fourth-order valence-electron chi connectivity index (χ4n) is 2.59. The number of carbonyl (C=O) groups is 1. The summed E-state index contributed by atoms with van der Waals surface area (Å²) in [6.07, 6.45) is 0.781. The minimum Gasteiger partial charge on any atom is -0.441 e. The number of carbonyl (C=O) groups excluding carboxylic acids is 1. The van der Waals surface area contributed by atoms with Gasteiger partial charge in [-0.15, -0.1) is 0 Å². The molecule has 1 N–H and O–H groups in total. The number of oxazole rings is 1. The van der Waals surface area contributed by atoms with E-state index in [2.05, 4.69) is 10.3 Å². The van der Waals surface area contributed by atoms with Crippen LogP contribution in [0.3, 0.4) is 0 Å². The van der Waals surface area contributed by atoms with E-state index in [1.165, 1.54) is 0 Å². The minimum atomic E-state index is -0.112. The van der Waals surface area contributed by atoms with E-state index in [1.54, 1.807) is 6.07 Å². The van der Waals surface area contributed by atoms with Crippen molar-refractivity contribution in [3.8, 4) is 11.5 Å². The first kappa shape index (κ1) is 18.5. The Kier molecular flexibility index (Phi) is 5.96. The van der Waals surface area contributed by atoms with Gasteiger partial charge in [0.15, 0.2) is 0 Å². The molecule has 1 aromatic heterocycles. The largest absolute Gasteiger partial charge is 0.441 e. The third-order valence-electron chi connectivity index (χ3n) is 3.99. The highest BCUT2D eigenvalue weighted by Crippen LogP contribution is 2.25. The van der Waals surface area contributed by atoms with Crippen LogP contribution in [0.1, 0.15) is 17.0 Å². The summed E-state index contributed by atoms with van der Waals surface area (Å²) < 4.78 is 5.68. The summed E-state index contributed by atoms with van der Waals surface area (Å²) in [5.74, 6) is 1.06. The van der Waals surface area contributed by atoms with E-state index in [0.29, 0.717) is 40.4 Å². The van der Waals surface area contributed by atoms with Gasteiger partial charge in [0.25, 0.3) is 0 Å². The fraction of sp³-hybridized carbons (Fsp3) is 0.200. The van der Waals surface area contributed by atoms with Crippen molar-refractivity contribution in [2.75, 3.05) is 6.54 Å². The van der Waals surface area contributed by atoms with E-state index in [0.717, 1.165) is 11.1 Å². The predicted molar refractivity (Wildman–Crippen MR) is 104 cm³/mol. The molecule has 0 saturated heterocycles. The zero-order valence-corrected chi connectivity index (χ0v) is 15.8. The molecule has 0 radical (unpaired) electrons. The number of aromatic nitrogens is 1. The van der Waals surface area contributed by atoms with Gasteiger partial charge in [-0.25, -0.2) is 4.98 Å². The molecule has 1 amide bonds. The maximum Gasteiger partial charge on any atom is 0.226 e. The summed E-state index contributed by atoms with van der Waals surface area (Å²) in [7, 11) is 0. The maximum absolute atomic E-state index is 12.2. The first-order valence-corrected chi connectivity index (χ1v) is 9.01. The Hall–Kier alpha value is -2.30. The average molecular weight is 389 g/mol. The van der Waals surface area contributed by atoms with Gasteiger partial charge >= 0.3 is 0 Å². The number of nitrogens with zero attached hydrogens (tertiary/aromatic N) is 1. The molecule has 0 saturated carbocycles. The van der Waals surface area contributed by atoms with Gasteiger partial charge < -0.3 is 9.73 Å². The molecule has 0 aliphatic rings. The molecule has 26 heavy (non-hydrogen) atoms. The van der Waals surface area contributed by atoms with Crippen molar-refractivity contribution in [1.29, 1.82) is 0 Å². The van der Waals surface area contributed by atoms with Gasteiger partial charge in [0.05, 0.1) is 22.2 Å². The second kappa shape index (κ2) is 8.39. The number of rotatable bonds is 6. The first-order chi connectivity index (χ1) is 12.5. The van der Waals surface area contributed by atoms with Crippen molar-refractivity contribution in [1.82, 2.24) is 10.3 Å². The molecule has 134 valence electrons. The van der Waals surface area contributed by atoms with Crippen LogP contribution in [0.2, 0.25) is 10.0 Å². The van der Waals surface area contributed by atoms with Crippen LogP contribution < -0.4 is 5.32 Å². The minimum absolute atomic E-state index is 0.112. The highest BCUT2D eigenvalue weighted by Gasteiger charge is 2.14. The van der Waals surface area contributed by atoms with E-state index in [9.17, 15) is 4.79 Å². The Labute approximate surface area is 162 Å². The third-order valence-corrected chi connectivity index (χ3v) is 4.85. The Morgan fingerprint density at radius 3 is 2.65 bits per heavy atom. The van der Waals surface area contributed by atoms with Crippen LogP contribution in [0.15, 0.2) is 52.9 Å². The van der Waals surface area contributed by atoms with E-state index >= 15 is 0 Å². The van der Waals surface area contributed by atoms with Gasteiger partial charge in [0.1, 0.15) is 5.76 Å². The van der Waals surface area contributed by atoms with Gasteiger partial charge in [-0.3, -0.25) is 4.79 Å². The average Bonchev–Trinajstić information content (AvgIpc) is 3.00. The number of hydrogen-bond donors (Lipinski definition) is 1. The van der Waals surface area contributed by atoms with E-state index in [1.807, 2.05) is 49.4 Å². The zero-order chi connectivity index (χ0) is 18.5. The molecule has 6 heteroatoms. The highest BCUT2D eigenvalue weighted by atomic mass is 35.5. The lowest BCUT2D eigenvalue weighted by molar-refractivity contribution is -0.120. The summed E-state index contributed by atoms with van der Waals surface area (Å²) in [6.45, 7) is 2.29. The molecule has 0 aliphatic carbocycles. The number of nitrogens with one attached hydrogen (secondary N) is 1. The second-order valence-corrected chi connectivity index (χ2v) is 6.66. The molecular formula is C20H18Cl2N2O2. The molecule has 1 heterocycles. The van der Waals surface area contributed by atoms with Crippen LogP contribution in [-0.2, 0) is 17.6 Å². The molecule has 2 aromatic carbocycles. The summed E-state index contributed by atoms with van der Waals surface area (Å²) >= 11 is 12.1. The quantitative estimate of drug-likeness (QED) is 0.655. The van der Waals surface area contributed by atoms with Crippen LogP contribution in [0.4, 0.5) is 0 Å².